The Morgan fingerprint density at radius 3 is 2.18 bits per heavy atom. The average molecular weight is 230 g/mol. The lowest BCUT2D eigenvalue weighted by Gasteiger charge is -2.12. The molecule has 0 amide bonds. The second-order valence-electron chi connectivity index (χ2n) is 3.85. The van der Waals surface area contributed by atoms with Gasteiger partial charge in [-0.15, -0.1) is 0 Å². The first kappa shape index (κ1) is 11.3. The van der Waals surface area contributed by atoms with Crippen LogP contribution in [-0.4, -0.2) is 15.3 Å². The molecule has 17 heavy (non-hydrogen) atoms. The van der Waals surface area contributed by atoms with Crippen molar-refractivity contribution in [2.75, 3.05) is 0 Å². The summed E-state index contributed by atoms with van der Waals surface area (Å²) >= 11 is 0. The maximum absolute atomic E-state index is 9.93. The molecule has 88 valence electrons. The van der Waals surface area contributed by atoms with Gasteiger partial charge in [0.15, 0.2) is 11.5 Å². The summed E-state index contributed by atoms with van der Waals surface area (Å²) in [4.78, 5) is 0. The van der Waals surface area contributed by atoms with E-state index in [4.69, 9.17) is 0 Å². The molecule has 2 rings (SSSR count). The summed E-state index contributed by atoms with van der Waals surface area (Å²) in [7, 11) is 0. The Kier molecular flexibility index (Phi) is 2.91. The van der Waals surface area contributed by atoms with Crippen LogP contribution in [-0.2, 0) is 6.42 Å². The lowest BCUT2D eigenvalue weighted by Crippen LogP contribution is -1.87. The molecule has 2 aromatic rings. The van der Waals surface area contributed by atoms with Gasteiger partial charge in [0.25, 0.3) is 0 Å². The summed E-state index contributed by atoms with van der Waals surface area (Å²) < 4.78 is 0. The molecule has 0 aliphatic rings. The molecule has 0 aliphatic heterocycles. The molecular formula is C14H14O3. The van der Waals surface area contributed by atoms with Crippen LogP contribution in [0.15, 0.2) is 36.4 Å². The van der Waals surface area contributed by atoms with E-state index in [2.05, 4.69) is 0 Å². The first-order chi connectivity index (χ1) is 8.15. The summed E-state index contributed by atoms with van der Waals surface area (Å²) in [6.45, 7) is 1.84. The molecule has 0 bridgehead atoms. The van der Waals surface area contributed by atoms with Crippen molar-refractivity contribution >= 4 is 0 Å². The topological polar surface area (TPSA) is 60.7 Å². The third-order valence-electron chi connectivity index (χ3n) is 2.78. The van der Waals surface area contributed by atoms with Gasteiger partial charge in [0.2, 0.25) is 0 Å². The van der Waals surface area contributed by atoms with Gasteiger partial charge in [-0.2, -0.15) is 0 Å². The smallest absolute Gasteiger partial charge is 0.169 e. The van der Waals surface area contributed by atoms with E-state index in [-0.39, 0.29) is 22.8 Å². The van der Waals surface area contributed by atoms with E-state index < -0.39 is 0 Å². The highest BCUT2D eigenvalue weighted by atomic mass is 16.3. The SMILES string of the molecule is CCc1cc(O)c(-c2ccccc2)c(O)c1O. The van der Waals surface area contributed by atoms with E-state index in [9.17, 15) is 15.3 Å². The van der Waals surface area contributed by atoms with Gasteiger partial charge in [-0.05, 0) is 18.1 Å². The van der Waals surface area contributed by atoms with Crippen LogP contribution in [0.2, 0.25) is 0 Å². The zero-order chi connectivity index (χ0) is 12.4. The van der Waals surface area contributed by atoms with Crippen molar-refractivity contribution in [2.45, 2.75) is 13.3 Å². The second kappa shape index (κ2) is 4.37. The van der Waals surface area contributed by atoms with Gasteiger partial charge in [0.05, 0.1) is 5.56 Å². The molecule has 0 saturated heterocycles. The van der Waals surface area contributed by atoms with Crippen molar-refractivity contribution in [2.24, 2.45) is 0 Å². The van der Waals surface area contributed by atoms with Crippen LogP contribution in [0.5, 0.6) is 17.2 Å². The fourth-order valence-electron chi connectivity index (χ4n) is 1.86. The van der Waals surface area contributed by atoms with E-state index in [1.807, 2.05) is 13.0 Å². The molecule has 0 saturated carbocycles. The molecule has 0 atom stereocenters. The van der Waals surface area contributed by atoms with Crippen LogP contribution in [0.25, 0.3) is 11.1 Å². The number of aryl methyl sites for hydroxylation is 1. The molecular weight excluding hydrogens is 216 g/mol. The summed E-state index contributed by atoms with van der Waals surface area (Å²) in [5, 5.41) is 29.6. The van der Waals surface area contributed by atoms with Gasteiger partial charge in [0.1, 0.15) is 5.75 Å². The first-order valence-corrected chi connectivity index (χ1v) is 5.47. The Balaban J connectivity index is 2.68. The largest absolute Gasteiger partial charge is 0.507 e. The Morgan fingerprint density at radius 1 is 0.941 bits per heavy atom. The molecule has 0 radical (unpaired) electrons. The summed E-state index contributed by atoms with van der Waals surface area (Å²) in [6.07, 6.45) is 0.544. The molecule has 2 aromatic carbocycles. The number of benzene rings is 2. The Bertz CT molecular complexity index is 533. The first-order valence-electron chi connectivity index (χ1n) is 5.47. The van der Waals surface area contributed by atoms with Crippen molar-refractivity contribution in [3.05, 3.63) is 42.0 Å². The lowest BCUT2D eigenvalue weighted by molar-refractivity contribution is 0.394. The highest BCUT2D eigenvalue weighted by Gasteiger charge is 2.17. The fourth-order valence-corrected chi connectivity index (χ4v) is 1.86. The lowest BCUT2D eigenvalue weighted by atomic mass is 9.99. The molecule has 0 heterocycles. The number of hydrogen-bond donors (Lipinski definition) is 3. The molecule has 0 spiro atoms. The highest BCUT2D eigenvalue weighted by Crippen LogP contribution is 2.44. The van der Waals surface area contributed by atoms with Gasteiger partial charge in [-0.1, -0.05) is 37.3 Å². The third kappa shape index (κ3) is 1.91. The fraction of sp³-hybridized carbons (Fsp3) is 0.143. The number of rotatable bonds is 2. The van der Waals surface area contributed by atoms with Crippen LogP contribution in [0.1, 0.15) is 12.5 Å². The summed E-state index contributed by atoms with van der Waals surface area (Å²) in [5.41, 5.74) is 1.46. The number of phenols is 3. The van der Waals surface area contributed by atoms with Crippen molar-refractivity contribution < 1.29 is 15.3 Å². The normalized spacial score (nSPS) is 10.4. The van der Waals surface area contributed by atoms with Crippen molar-refractivity contribution in [1.82, 2.24) is 0 Å². The predicted octanol–water partition coefficient (Wildman–Crippen LogP) is 3.03. The average Bonchev–Trinajstić information content (AvgIpc) is 2.35. The molecule has 0 aliphatic carbocycles. The standard InChI is InChI=1S/C14H14O3/c1-2-9-8-11(15)12(14(17)13(9)16)10-6-4-3-5-7-10/h3-8,15-17H,2H2,1H3. The maximum Gasteiger partial charge on any atom is 0.169 e. The maximum atomic E-state index is 9.93. The van der Waals surface area contributed by atoms with E-state index >= 15 is 0 Å². The molecule has 3 N–H and O–H groups in total. The minimum Gasteiger partial charge on any atom is -0.507 e. The Labute approximate surface area is 99.6 Å². The van der Waals surface area contributed by atoms with Crippen molar-refractivity contribution in [3.63, 3.8) is 0 Å². The predicted molar refractivity (Wildman–Crippen MR) is 66.3 cm³/mol. The van der Waals surface area contributed by atoms with Crippen LogP contribution >= 0.6 is 0 Å². The van der Waals surface area contributed by atoms with Crippen LogP contribution in [0, 0.1) is 0 Å². The highest BCUT2D eigenvalue weighted by molar-refractivity contribution is 5.80. The quantitative estimate of drug-likeness (QED) is 0.549. The zero-order valence-electron chi connectivity index (χ0n) is 9.51. The Hall–Kier alpha value is -2.16. The molecule has 0 unspecified atom stereocenters. The van der Waals surface area contributed by atoms with E-state index in [1.165, 1.54) is 6.07 Å². The summed E-state index contributed by atoms with van der Waals surface area (Å²) in [6, 6.07) is 10.5. The van der Waals surface area contributed by atoms with Gasteiger partial charge in [0, 0.05) is 5.56 Å². The second-order valence-corrected chi connectivity index (χ2v) is 3.85. The number of aromatic hydroxyl groups is 3. The van der Waals surface area contributed by atoms with E-state index in [0.717, 1.165) is 0 Å². The number of hydrogen-bond acceptors (Lipinski definition) is 3. The van der Waals surface area contributed by atoms with Crippen LogP contribution in [0.3, 0.4) is 0 Å². The van der Waals surface area contributed by atoms with Gasteiger partial charge < -0.3 is 15.3 Å². The minimum absolute atomic E-state index is 0.0247. The number of phenolic OH excluding ortho intramolecular Hbond substituents is 3. The van der Waals surface area contributed by atoms with Gasteiger partial charge >= 0.3 is 0 Å². The monoisotopic (exact) mass is 230 g/mol. The molecule has 3 nitrogen and oxygen atoms in total. The molecule has 3 heteroatoms. The zero-order valence-corrected chi connectivity index (χ0v) is 9.51. The summed E-state index contributed by atoms with van der Waals surface area (Å²) in [5.74, 6) is -0.458. The van der Waals surface area contributed by atoms with Crippen LogP contribution < -0.4 is 0 Å². The van der Waals surface area contributed by atoms with Gasteiger partial charge in [-0.3, -0.25) is 0 Å². The Morgan fingerprint density at radius 2 is 1.59 bits per heavy atom. The van der Waals surface area contributed by atoms with E-state index in [0.29, 0.717) is 17.5 Å². The minimum atomic E-state index is -0.270. The molecule has 0 fully saturated rings. The van der Waals surface area contributed by atoms with Crippen molar-refractivity contribution in [3.8, 4) is 28.4 Å². The molecule has 0 aromatic heterocycles. The third-order valence-corrected chi connectivity index (χ3v) is 2.78. The van der Waals surface area contributed by atoms with Crippen molar-refractivity contribution in [1.29, 1.82) is 0 Å². The van der Waals surface area contributed by atoms with E-state index in [1.54, 1.807) is 24.3 Å². The van der Waals surface area contributed by atoms with Crippen LogP contribution in [0.4, 0.5) is 0 Å². The van der Waals surface area contributed by atoms with Gasteiger partial charge in [-0.25, -0.2) is 0 Å².